The number of nitrogens with one attached hydrogen (secondary N) is 1. The summed E-state index contributed by atoms with van der Waals surface area (Å²) in [6.07, 6.45) is 2.62. The molecule has 1 atom stereocenters. The second-order valence-electron chi connectivity index (χ2n) is 3.69. The quantitative estimate of drug-likeness (QED) is 0.755. The van der Waals surface area contributed by atoms with E-state index in [4.69, 9.17) is 5.11 Å². The zero-order chi connectivity index (χ0) is 9.97. The number of aliphatic hydroxyl groups excluding tert-OH is 1. The third kappa shape index (κ3) is 1.87. The lowest BCUT2D eigenvalue weighted by Crippen LogP contribution is -2.26. The highest BCUT2D eigenvalue weighted by Crippen LogP contribution is 2.26. The molecule has 0 aliphatic carbocycles. The summed E-state index contributed by atoms with van der Waals surface area (Å²) in [4.78, 5) is 0. The molecule has 0 bridgehead atoms. The second kappa shape index (κ2) is 3.96. The number of fused-ring (bicyclic) bond motifs is 1. The summed E-state index contributed by atoms with van der Waals surface area (Å²) in [6, 6.07) is 5.15. The van der Waals surface area contributed by atoms with Crippen molar-refractivity contribution in [3.8, 4) is 0 Å². The number of hydrogen-bond donors (Lipinski definition) is 2. The Balaban J connectivity index is 2.15. The molecule has 0 spiro atoms. The molecule has 0 saturated heterocycles. The van der Waals surface area contributed by atoms with Gasteiger partial charge in [-0.15, -0.1) is 0 Å². The first kappa shape index (κ1) is 9.46. The number of hydrogen-bond acceptors (Lipinski definition) is 2. The van der Waals surface area contributed by atoms with E-state index in [2.05, 4.69) is 5.32 Å². The molecule has 1 aromatic carbocycles. The largest absolute Gasteiger partial charge is 0.396 e. The maximum Gasteiger partial charge on any atom is 0.123 e. The van der Waals surface area contributed by atoms with E-state index in [1.54, 1.807) is 12.1 Å². The first-order valence-corrected chi connectivity index (χ1v) is 4.95. The molecule has 0 radical (unpaired) electrons. The Hall–Kier alpha value is -1.09. The summed E-state index contributed by atoms with van der Waals surface area (Å²) in [5, 5.41) is 12.1. The van der Waals surface area contributed by atoms with Crippen LogP contribution in [0.25, 0.3) is 0 Å². The number of anilines is 1. The molecule has 76 valence electrons. The predicted octanol–water partition coefficient (Wildman–Crippen LogP) is 1.93. The zero-order valence-corrected chi connectivity index (χ0v) is 7.96. The minimum absolute atomic E-state index is 0.175. The van der Waals surface area contributed by atoms with Crippen LogP contribution in [-0.2, 0) is 6.42 Å². The lowest BCUT2D eigenvalue weighted by molar-refractivity contribution is 0.276. The summed E-state index contributed by atoms with van der Waals surface area (Å²) in [5.41, 5.74) is 2.05. The molecule has 1 aliphatic heterocycles. The van der Waals surface area contributed by atoms with Crippen LogP contribution in [0.1, 0.15) is 18.4 Å². The van der Waals surface area contributed by atoms with Crippen LogP contribution in [0, 0.1) is 5.82 Å². The summed E-state index contributed by atoms with van der Waals surface area (Å²) >= 11 is 0. The number of aryl methyl sites for hydroxylation is 1. The standard InChI is InChI=1S/C11H14FNO/c12-9-2-4-11-8(7-9)1-3-10(13-11)5-6-14/h2,4,7,10,13-14H,1,3,5-6H2. The van der Waals surface area contributed by atoms with Gasteiger partial charge in [0.05, 0.1) is 0 Å². The molecular weight excluding hydrogens is 181 g/mol. The van der Waals surface area contributed by atoms with Crippen LogP contribution in [-0.4, -0.2) is 17.8 Å². The Morgan fingerprint density at radius 2 is 2.36 bits per heavy atom. The van der Waals surface area contributed by atoms with Gasteiger partial charge in [-0.05, 0) is 43.0 Å². The summed E-state index contributed by atoms with van der Waals surface area (Å²) in [5.74, 6) is -0.175. The van der Waals surface area contributed by atoms with E-state index >= 15 is 0 Å². The highest BCUT2D eigenvalue weighted by atomic mass is 19.1. The van der Waals surface area contributed by atoms with Gasteiger partial charge in [0.2, 0.25) is 0 Å². The number of rotatable bonds is 2. The third-order valence-corrected chi connectivity index (χ3v) is 2.67. The number of halogens is 1. The molecule has 2 rings (SSSR count). The summed E-state index contributed by atoms with van der Waals surface area (Å²) in [7, 11) is 0. The van der Waals surface area contributed by atoms with Crippen LogP contribution in [0.2, 0.25) is 0 Å². The summed E-state index contributed by atoms with van der Waals surface area (Å²) in [6.45, 7) is 0.203. The number of aliphatic hydroxyl groups is 1. The Morgan fingerprint density at radius 3 is 3.14 bits per heavy atom. The highest BCUT2D eigenvalue weighted by molar-refractivity contribution is 5.53. The van der Waals surface area contributed by atoms with Gasteiger partial charge in [0.15, 0.2) is 0 Å². The van der Waals surface area contributed by atoms with Crippen LogP contribution in [0.4, 0.5) is 10.1 Å². The molecule has 3 heteroatoms. The Kier molecular flexibility index (Phi) is 2.68. The molecule has 0 fully saturated rings. The van der Waals surface area contributed by atoms with Gasteiger partial charge in [-0.1, -0.05) is 0 Å². The fraction of sp³-hybridized carbons (Fsp3) is 0.455. The van der Waals surface area contributed by atoms with Gasteiger partial charge in [0.1, 0.15) is 5.82 Å². The Labute approximate surface area is 82.8 Å². The molecule has 0 amide bonds. The van der Waals surface area contributed by atoms with Crippen molar-refractivity contribution in [1.29, 1.82) is 0 Å². The van der Waals surface area contributed by atoms with Gasteiger partial charge < -0.3 is 10.4 Å². The topological polar surface area (TPSA) is 32.3 Å². The van der Waals surface area contributed by atoms with Gasteiger partial charge in [0.25, 0.3) is 0 Å². The molecule has 1 aliphatic rings. The fourth-order valence-electron chi connectivity index (χ4n) is 1.90. The first-order chi connectivity index (χ1) is 6.79. The monoisotopic (exact) mass is 195 g/mol. The van der Waals surface area contributed by atoms with E-state index in [0.717, 1.165) is 30.5 Å². The van der Waals surface area contributed by atoms with Gasteiger partial charge in [-0.3, -0.25) is 0 Å². The molecule has 1 aromatic rings. The molecule has 2 N–H and O–H groups in total. The SMILES string of the molecule is OCCC1CCc2cc(F)ccc2N1. The molecule has 0 saturated carbocycles. The number of benzene rings is 1. The van der Waals surface area contributed by atoms with Crippen molar-refractivity contribution in [2.75, 3.05) is 11.9 Å². The van der Waals surface area contributed by atoms with E-state index in [1.807, 2.05) is 0 Å². The van der Waals surface area contributed by atoms with Crippen LogP contribution in [0.5, 0.6) is 0 Å². The third-order valence-electron chi connectivity index (χ3n) is 2.67. The van der Waals surface area contributed by atoms with Crippen molar-refractivity contribution < 1.29 is 9.50 Å². The van der Waals surface area contributed by atoms with Crippen LogP contribution < -0.4 is 5.32 Å². The van der Waals surface area contributed by atoms with Gasteiger partial charge in [-0.25, -0.2) is 4.39 Å². The first-order valence-electron chi connectivity index (χ1n) is 4.95. The Bertz CT molecular complexity index is 327. The van der Waals surface area contributed by atoms with Crippen molar-refractivity contribution >= 4 is 5.69 Å². The van der Waals surface area contributed by atoms with E-state index < -0.39 is 0 Å². The van der Waals surface area contributed by atoms with Gasteiger partial charge >= 0.3 is 0 Å². The van der Waals surface area contributed by atoms with E-state index in [1.165, 1.54) is 6.07 Å². The van der Waals surface area contributed by atoms with Crippen LogP contribution in [0.15, 0.2) is 18.2 Å². The minimum atomic E-state index is -0.175. The van der Waals surface area contributed by atoms with Crippen LogP contribution >= 0.6 is 0 Å². The average molecular weight is 195 g/mol. The van der Waals surface area contributed by atoms with Crippen molar-refractivity contribution in [2.45, 2.75) is 25.3 Å². The van der Waals surface area contributed by atoms with E-state index in [0.29, 0.717) is 6.04 Å². The normalized spacial score (nSPS) is 20.0. The van der Waals surface area contributed by atoms with Crippen molar-refractivity contribution in [3.05, 3.63) is 29.6 Å². The lowest BCUT2D eigenvalue weighted by atomic mass is 9.96. The second-order valence-corrected chi connectivity index (χ2v) is 3.69. The van der Waals surface area contributed by atoms with Gasteiger partial charge in [-0.2, -0.15) is 0 Å². The molecule has 1 heterocycles. The highest BCUT2D eigenvalue weighted by Gasteiger charge is 2.17. The van der Waals surface area contributed by atoms with Gasteiger partial charge in [0, 0.05) is 18.3 Å². The maximum absolute atomic E-state index is 12.9. The molecule has 1 unspecified atom stereocenters. The summed E-state index contributed by atoms with van der Waals surface area (Å²) < 4.78 is 12.9. The fourth-order valence-corrected chi connectivity index (χ4v) is 1.90. The Morgan fingerprint density at radius 1 is 1.50 bits per heavy atom. The predicted molar refractivity (Wildman–Crippen MR) is 53.8 cm³/mol. The minimum Gasteiger partial charge on any atom is -0.396 e. The maximum atomic E-state index is 12.9. The van der Waals surface area contributed by atoms with E-state index in [9.17, 15) is 4.39 Å². The van der Waals surface area contributed by atoms with Crippen molar-refractivity contribution in [2.24, 2.45) is 0 Å². The lowest BCUT2D eigenvalue weighted by Gasteiger charge is -2.26. The molecule has 2 nitrogen and oxygen atoms in total. The molecule has 0 aromatic heterocycles. The van der Waals surface area contributed by atoms with Crippen molar-refractivity contribution in [1.82, 2.24) is 0 Å². The van der Waals surface area contributed by atoms with Crippen LogP contribution in [0.3, 0.4) is 0 Å². The van der Waals surface area contributed by atoms with Crippen molar-refractivity contribution in [3.63, 3.8) is 0 Å². The van der Waals surface area contributed by atoms with E-state index in [-0.39, 0.29) is 12.4 Å². The zero-order valence-electron chi connectivity index (χ0n) is 7.96. The molecule has 14 heavy (non-hydrogen) atoms. The smallest absolute Gasteiger partial charge is 0.123 e. The molecular formula is C11H14FNO. The average Bonchev–Trinajstić information content (AvgIpc) is 2.19.